The third-order valence-corrected chi connectivity index (χ3v) is 2.32. The van der Waals surface area contributed by atoms with Crippen LogP contribution in [0.25, 0.3) is 6.08 Å². The van der Waals surface area contributed by atoms with E-state index in [0.717, 1.165) is 5.56 Å². The minimum absolute atomic E-state index is 0.324. The molecular formula is C14H10ClNO2. The zero-order valence-corrected chi connectivity index (χ0v) is 10.2. The number of rotatable bonds is 3. The Hall–Kier alpha value is -2.13. The number of hydrogen-bond donors (Lipinski definition) is 0. The smallest absolute Gasteiger partial charge is 0.336 e. The Morgan fingerprint density at radius 3 is 2.72 bits per heavy atom. The molecule has 4 heteroatoms. The second-order valence-corrected chi connectivity index (χ2v) is 3.94. The molecule has 1 heterocycles. The van der Waals surface area contributed by atoms with E-state index in [0.29, 0.717) is 10.8 Å². The van der Waals surface area contributed by atoms with Crippen LogP contribution in [0.3, 0.4) is 0 Å². The number of benzene rings is 1. The van der Waals surface area contributed by atoms with E-state index in [1.807, 2.05) is 30.3 Å². The summed E-state index contributed by atoms with van der Waals surface area (Å²) in [5, 5.41) is 0.423. The van der Waals surface area contributed by atoms with Gasteiger partial charge in [-0.2, -0.15) is 0 Å². The van der Waals surface area contributed by atoms with Crippen molar-refractivity contribution in [2.45, 2.75) is 0 Å². The quantitative estimate of drug-likeness (QED) is 0.627. The van der Waals surface area contributed by atoms with Crippen LogP contribution in [0.5, 0.6) is 5.75 Å². The monoisotopic (exact) mass is 259 g/mol. The zero-order chi connectivity index (χ0) is 12.8. The van der Waals surface area contributed by atoms with Crippen molar-refractivity contribution in [1.82, 2.24) is 4.98 Å². The lowest BCUT2D eigenvalue weighted by Crippen LogP contribution is -2.03. The third-order valence-electron chi connectivity index (χ3n) is 2.11. The van der Waals surface area contributed by atoms with Gasteiger partial charge in [0.05, 0.1) is 11.2 Å². The minimum Gasteiger partial charge on any atom is -0.422 e. The Labute approximate surface area is 110 Å². The topological polar surface area (TPSA) is 39.2 Å². The molecule has 3 nitrogen and oxygen atoms in total. The summed E-state index contributed by atoms with van der Waals surface area (Å²) >= 11 is 5.73. The number of nitrogens with zero attached hydrogens (tertiary/aromatic N) is 1. The second-order valence-electron chi connectivity index (χ2n) is 3.50. The summed E-state index contributed by atoms with van der Waals surface area (Å²) in [7, 11) is 0. The summed E-state index contributed by atoms with van der Waals surface area (Å²) in [6, 6.07) is 11.0. The van der Waals surface area contributed by atoms with Crippen LogP contribution < -0.4 is 4.74 Å². The van der Waals surface area contributed by atoms with E-state index in [9.17, 15) is 4.79 Å². The molecule has 0 atom stereocenters. The first-order chi connectivity index (χ1) is 8.74. The fourth-order valence-corrected chi connectivity index (χ4v) is 1.49. The minimum atomic E-state index is -0.470. The first-order valence-electron chi connectivity index (χ1n) is 5.29. The summed E-state index contributed by atoms with van der Waals surface area (Å²) in [5.41, 5.74) is 0.929. The molecule has 18 heavy (non-hydrogen) atoms. The lowest BCUT2D eigenvalue weighted by Gasteiger charge is -2.00. The predicted molar refractivity (Wildman–Crippen MR) is 70.4 cm³/mol. The SMILES string of the molecule is O=C(/C=C/c1ccccc1)Oc1cncc(Cl)c1. The van der Waals surface area contributed by atoms with E-state index in [-0.39, 0.29) is 0 Å². The summed E-state index contributed by atoms with van der Waals surface area (Å²) in [4.78, 5) is 15.3. The molecule has 0 unspecified atom stereocenters. The van der Waals surface area contributed by atoms with Crippen LogP contribution in [-0.4, -0.2) is 11.0 Å². The summed E-state index contributed by atoms with van der Waals surface area (Å²) in [6.07, 6.45) is 5.94. The molecule has 0 bridgehead atoms. The van der Waals surface area contributed by atoms with Crippen LogP contribution in [0, 0.1) is 0 Å². The molecule has 2 aromatic rings. The first kappa shape index (κ1) is 12.3. The van der Waals surface area contributed by atoms with Crippen molar-refractivity contribution in [3.63, 3.8) is 0 Å². The number of pyridine rings is 1. The highest BCUT2D eigenvalue weighted by atomic mass is 35.5. The maximum absolute atomic E-state index is 11.5. The van der Waals surface area contributed by atoms with Gasteiger partial charge in [0.15, 0.2) is 5.75 Å². The van der Waals surface area contributed by atoms with Crippen molar-refractivity contribution < 1.29 is 9.53 Å². The van der Waals surface area contributed by atoms with E-state index in [4.69, 9.17) is 16.3 Å². The summed E-state index contributed by atoms with van der Waals surface area (Å²) < 4.78 is 5.04. The maximum Gasteiger partial charge on any atom is 0.336 e. The number of aromatic nitrogens is 1. The summed E-state index contributed by atoms with van der Waals surface area (Å²) in [5.74, 6) is -0.145. The normalized spacial score (nSPS) is 10.5. The van der Waals surface area contributed by atoms with Gasteiger partial charge in [0.25, 0.3) is 0 Å². The molecule has 0 radical (unpaired) electrons. The molecule has 0 N–H and O–H groups in total. The standard InChI is InChI=1S/C14H10ClNO2/c15-12-8-13(10-16-9-12)18-14(17)7-6-11-4-2-1-3-5-11/h1-10H/b7-6+. The van der Waals surface area contributed by atoms with Crippen LogP contribution in [-0.2, 0) is 4.79 Å². The van der Waals surface area contributed by atoms with Gasteiger partial charge in [-0.05, 0) is 11.6 Å². The number of hydrogen-bond acceptors (Lipinski definition) is 3. The Kier molecular flexibility index (Phi) is 4.10. The molecule has 1 aromatic heterocycles. The molecule has 0 aliphatic carbocycles. The molecular weight excluding hydrogens is 250 g/mol. The van der Waals surface area contributed by atoms with Crippen LogP contribution in [0.15, 0.2) is 54.9 Å². The van der Waals surface area contributed by atoms with Gasteiger partial charge in [-0.1, -0.05) is 41.9 Å². The number of carbonyl (C=O) groups excluding carboxylic acids is 1. The molecule has 0 spiro atoms. The molecule has 0 aliphatic rings. The largest absolute Gasteiger partial charge is 0.422 e. The van der Waals surface area contributed by atoms with Gasteiger partial charge in [-0.25, -0.2) is 4.79 Å². The van der Waals surface area contributed by atoms with Crippen molar-refractivity contribution in [2.75, 3.05) is 0 Å². The molecule has 0 saturated heterocycles. The van der Waals surface area contributed by atoms with Crippen LogP contribution in [0.2, 0.25) is 5.02 Å². The van der Waals surface area contributed by atoms with Crippen molar-refractivity contribution >= 4 is 23.6 Å². The highest BCUT2D eigenvalue weighted by molar-refractivity contribution is 6.30. The van der Waals surface area contributed by atoms with Crippen LogP contribution >= 0.6 is 11.6 Å². The van der Waals surface area contributed by atoms with E-state index < -0.39 is 5.97 Å². The Bertz CT molecular complexity index is 567. The fourth-order valence-electron chi connectivity index (χ4n) is 1.33. The van der Waals surface area contributed by atoms with Gasteiger partial charge < -0.3 is 4.74 Å². The van der Waals surface area contributed by atoms with Crippen molar-refractivity contribution in [1.29, 1.82) is 0 Å². The zero-order valence-electron chi connectivity index (χ0n) is 9.42. The van der Waals surface area contributed by atoms with Gasteiger partial charge in [-0.3, -0.25) is 4.98 Å². The van der Waals surface area contributed by atoms with E-state index >= 15 is 0 Å². The number of esters is 1. The average molecular weight is 260 g/mol. The number of halogens is 1. The Balaban J connectivity index is 1.99. The van der Waals surface area contributed by atoms with E-state index in [1.54, 1.807) is 6.08 Å². The highest BCUT2D eigenvalue weighted by Gasteiger charge is 2.01. The molecule has 2 rings (SSSR count). The van der Waals surface area contributed by atoms with Gasteiger partial charge in [-0.15, -0.1) is 0 Å². The average Bonchev–Trinajstić information content (AvgIpc) is 2.38. The molecule has 1 aromatic carbocycles. The van der Waals surface area contributed by atoms with Crippen molar-refractivity contribution in [3.8, 4) is 5.75 Å². The molecule has 0 aliphatic heterocycles. The third kappa shape index (κ3) is 3.71. The lowest BCUT2D eigenvalue weighted by atomic mass is 10.2. The maximum atomic E-state index is 11.5. The van der Waals surface area contributed by atoms with Crippen molar-refractivity contribution in [3.05, 3.63) is 65.5 Å². The van der Waals surface area contributed by atoms with Gasteiger partial charge >= 0.3 is 5.97 Å². The van der Waals surface area contributed by atoms with Gasteiger partial charge in [0.2, 0.25) is 0 Å². The van der Waals surface area contributed by atoms with Gasteiger partial charge in [0.1, 0.15) is 0 Å². The van der Waals surface area contributed by atoms with E-state index in [1.165, 1.54) is 24.5 Å². The number of carbonyl (C=O) groups is 1. The lowest BCUT2D eigenvalue weighted by molar-refractivity contribution is -0.128. The Morgan fingerprint density at radius 2 is 2.00 bits per heavy atom. The van der Waals surface area contributed by atoms with E-state index in [2.05, 4.69) is 4.98 Å². The first-order valence-corrected chi connectivity index (χ1v) is 5.67. The van der Waals surface area contributed by atoms with Crippen LogP contribution in [0.1, 0.15) is 5.56 Å². The molecule has 0 saturated carbocycles. The molecule has 90 valence electrons. The molecule has 0 amide bonds. The number of ether oxygens (including phenoxy) is 1. The second kappa shape index (κ2) is 5.98. The predicted octanol–water partition coefficient (Wildman–Crippen LogP) is 3.35. The highest BCUT2D eigenvalue weighted by Crippen LogP contribution is 2.15. The van der Waals surface area contributed by atoms with Gasteiger partial charge in [0, 0.05) is 18.3 Å². The fraction of sp³-hybridized carbons (Fsp3) is 0. The van der Waals surface area contributed by atoms with Crippen LogP contribution in [0.4, 0.5) is 0 Å². The Morgan fingerprint density at radius 1 is 1.22 bits per heavy atom. The van der Waals surface area contributed by atoms with Crippen molar-refractivity contribution in [2.24, 2.45) is 0 Å². The summed E-state index contributed by atoms with van der Waals surface area (Å²) in [6.45, 7) is 0. The molecule has 0 fully saturated rings.